The first kappa shape index (κ1) is 36.3. The van der Waals surface area contributed by atoms with Gasteiger partial charge in [-0.05, 0) is 31.1 Å². The van der Waals surface area contributed by atoms with E-state index in [9.17, 15) is 0 Å². The molecule has 0 aromatic heterocycles. The van der Waals surface area contributed by atoms with Gasteiger partial charge in [-0.2, -0.15) is 0 Å². The molecule has 3 nitrogen and oxygen atoms in total. The molecule has 36 heavy (non-hydrogen) atoms. The molecular weight excluding hydrogens is 463 g/mol. The number of rotatable bonds is 30. The molecule has 0 aliphatic rings. The number of unbranched alkanes of at least 4 members (excludes halogenated alkanes) is 17. The second-order valence-corrected chi connectivity index (χ2v) is 13.0. The first-order valence-electron chi connectivity index (χ1n) is 16.2. The molecular formula is C32H67O3P. The van der Waals surface area contributed by atoms with Crippen molar-refractivity contribution in [1.82, 2.24) is 0 Å². The Morgan fingerprint density at radius 1 is 0.389 bits per heavy atom. The van der Waals surface area contributed by atoms with E-state index in [1.54, 1.807) is 0 Å². The van der Waals surface area contributed by atoms with E-state index in [1.807, 2.05) is 0 Å². The van der Waals surface area contributed by atoms with Gasteiger partial charge < -0.3 is 13.6 Å². The Bertz CT molecular complexity index is 379. The van der Waals surface area contributed by atoms with E-state index in [0.29, 0.717) is 0 Å². The van der Waals surface area contributed by atoms with Crippen molar-refractivity contribution in [3.05, 3.63) is 0 Å². The summed E-state index contributed by atoms with van der Waals surface area (Å²) >= 11 is 0. The van der Waals surface area contributed by atoms with Gasteiger partial charge in [-0.1, -0.05) is 157 Å². The summed E-state index contributed by atoms with van der Waals surface area (Å²) in [7, 11) is -1.17. The minimum Gasteiger partial charge on any atom is -0.312 e. The van der Waals surface area contributed by atoms with Crippen LogP contribution in [0.5, 0.6) is 0 Å². The topological polar surface area (TPSA) is 27.7 Å². The van der Waals surface area contributed by atoms with Gasteiger partial charge in [-0.3, -0.25) is 0 Å². The summed E-state index contributed by atoms with van der Waals surface area (Å²) in [6.45, 7) is 13.9. The lowest BCUT2D eigenvalue weighted by Crippen LogP contribution is -2.01. The zero-order valence-electron chi connectivity index (χ0n) is 25.5. The largest absolute Gasteiger partial charge is 0.332 e. The van der Waals surface area contributed by atoms with E-state index in [2.05, 4.69) is 34.6 Å². The molecule has 0 aromatic rings. The molecule has 0 rings (SSSR count). The van der Waals surface area contributed by atoms with E-state index in [4.69, 9.17) is 13.6 Å². The Balaban J connectivity index is 3.89. The fraction of sp³-hybridized carbons (Fsp3) is 1.00. The molecule has 218 valence electrons. The third kappa shape index (κ3) is 30.5. The highest BCUT2D eigenvalue weighted by atomic mass is 31.2. The van der Waals surface area contributed by atoms with E-state index in [-0.39, 0.29) is 0 Å². The first-order chi connectivity index (χ1) is 17.6. The predicted molar refractivity (Wildman–Crippen MR) is 162 cm³/mol. The van der Waals surface area contributed by atoms with Gasteiger partial charge in [0.1, 0.15) is 0 Å². The summed E-state index contributed by atoms with van der Waals surface area (Å²) in [6, 6.07) is 0. The van der Waals surface area contributed by atoms with E-state index in [0.717, 1.165) is 50.9 Å². The Morgan fingerprint density at radius 2 is 0.667 bits per heavy atom. The Hall–Kier alpha value is 0.310. The van der Waals surface area contributed by atoms with Crippen LogP contribution in [0.4, 0.5) is 0 Å². The monoisotopic (exact) mass is 530 g/mol. The van der Waals surface area contributed by atoms with Crippen LogP contribution in [0.25, 0.3) is 0 Å². The molecule has 0 aliphatic carbocycles. The summed E-state index contributed by atoms with van der Waals surface area (Å²) in [5, 5.41) is 0. The molecule has 0 saturated carbocycles. The third-order valence-corrected chi connectivity index (χ3v) is 8.12. The average Bonchev–Trinajstić information content (AvgIpc) is 2.84. The molecule has 0 unspecified atom stereocenters. The van der Waals surface area contributed by atoms with Crippen molar-refractivity contribution < 1.29 is 13.6 Å². The first-order valence-corrected chi connectivity index (χ1v) is 17.3. The highest BCUT2D eigenvalue weighted by molar-refractivity contribution is 7.41. The van der Waals surface area contributed by atoms with Gasteiger partial charge in [0.25, 0.3) is 0 Å². The molecule has 0 atom stereocenters. The van der Waals surface area contributed by atoms with Crippen LogP contribution >= 0.6 is 8.60 Å². The summed E-state index contributed by atoms with van der Waals surface area (Å²) in [4.78, 5) is 0. The molecule has 0 N–H and O–H groups in total. The molecule has 4 heteroatoms. The van der Waals surface area contributed by atoms with Crippen LogP contribution in [-0.2, 0) is 13.6 Å². The molecule has 0 saturated heterocycles. The van der Waals surface area contributed by atoms with Crippen LogP contribution in [0.3, 0.4) is 0 Å². The Labute approximate surface area is 229 Å². The highest BCUT2D eigenvalue weighted by Gasteiger charge is 2.12. The van der Waals surface area contributed by atoms with Gasteiger partial charge in [0.15, 0.2) is 0 Å². The third-order valence-electron chi connectivity index (χ3n) is 6.94. The highest BCUT2D eigenvalue weighted by Crippen LogP contribution is 2.40. The average molecular weight is 531 g/mol. The lowest BCUT2D eigenvalue weighted by atomic mass is 10.0. The normalized spacial score (nSPS) is 12.0. The van der Waals surface area contributed by atoms with E-state index >= 15 is 0 Å². The van der Waals surface area contributed by atoms with Crippen molar-refractivity contribution >= 4 is 8.60 Å². The van der Waals surface area contributed by atoms with Gasteiger partial charge >= 0.3 is 8.60 Å². The molecule has 0 aromatic carbocycles. The summed E-state index contributed by atoms with van der Waals surface area (Å²) in [6.07, 6.45) is 29.1. The Kier molecular flexibility index (Phi) is 30.1. The number of hydrogen-bond acceptors (Lipinski definition) is 3. The van der Waals surface area contributed by atoms with Crippen molar-refractivity contribution in [2.75, 3.05) is 19.8 Å². The molecule has 0 radical (unpaired) electrons. The lowest BCUT2D eigenvalue weighted by Gasteiger charge is -2.17. The standard InChI is InChI=1S/C32H67O3P/c1-6-7-8-9-10-11-12-13-18-23-28-33-36(34-29-24-19-14-16-21-26-31(2)3)35-30-25-20-15-17-22-27-32(4)5/h31-32H,6-30H2,1-5H3. The quantitative estimate of drug-likeness (QED) is 0.0682. The fourth-order valence-electron chi connectivity index (χ4n) is 4.49. The molecule has 0 aliphatic heterocycles. The van der Waals surface area contributed by atoms with Crippen LogP contribution in [0.15, 0.2) is 0 Å². The second kappa shape index (κ2) is 29.9. The maximum Gasteiger partial charge on any atom is 0.332 e. The van der Waals surface area contributed by atoms with Crippen molar-refractivity contribution in [2.45, 2.75) is 176 Å². The van der Waals surface area contributed by atoms with Crippen molar-refractivity contribution in [2.24, 2.45) is 11.8 Å². The molecule has 0 spiro atoms. The minimum absolute atomic E-state index is 0.781. The van der Waals surface area contributed by atoms with Gasteiger partial charge in [-0.15, -0.1) is 0 Å². The van der Waals surface area contributed by atoms with Crippen LogP contribution in [-0.4, -0.2) is 19.8 Å². The SMILES string of the molecule is CCCCCCCCCCCCOP(OCCCCCCCC(C)C)OCCCCCCCC(C)C. The maximum absolute atomic E-state index is 6.08. The lowest BCUT2D eigenvalue weighted by molar-refractivity contribution is 0.153. The molecule has 0 heterocycles. The molecule has 0 fully saturated rings. The van der Waals surface area contributed by atoms with Gasteiger partial charge in [0, 0.05) is 0 Å². The van der Waals surface area contributed by atoms with Crippen molar-refractivity contribution in [3.63, 3.8) is 0 Å². The second-order valence-electron chi connectivity index (χ2n) is 11.8. The van der Waals surface area contributed by atoms with Crippen molar-refractivity contribution in [3.8, 4) is 0 Å². The maximum atomic E-state index is 6.08. The predicted octanol–water partition coefficient (Wildman–Crippen LogP) is 12.2. The summed E-state index contributed by atoms with van der Waals surface area (Å²) < 4.78 is 18.2. The van der Waals surface area contributed by atoms with Crippen LogP contribution < -0.4 is 0 Å². The van der Waals surface area contributed by atoms with E-state index in [1.165, 1.54) is 122 Å². The molecule has 0 amide bonds. The van der Waals surface area contributed by atoms with Gasteiger partial charge in [0.05, 0.1) is 19.8 Å². The minimum atomic E-state index is -1.17. The zero-order valence-corrected chi connectivity index (χ0v) is 26.4. The smallest absolute Gasteiger partial charge is 0.312 e. The van der Waals surface area contributed by atoms with Crippen LogP contribution in [0, 0.1) is 11.8 Å². The van der Waals surface area contributed by atoms with Crippen LogP contribution in [0.2, 0.25) is 0 Å². The van der Waals surface area contributed by atoms with Crippen molar-refractivity contribution in [1.29, 1.82) is 0 Å². The summed E-state index contributed by atoms with van der Waals surface area (Å²) in [5.74, 6) is 1.67. The molecule has 0 bridgehead atoms. The summed E-state index contributed by atoms with van der Waals surface area (Å²) in [5.41, 5.74) is 0. The van der Waals surface area contributed by atoms with E-state index < -0.39 is 8.60 Å². The number of hydrogen-bond donors (Lipinski definition) is 0. The fourth-order valence-corrected chi connectivity index (χ4v) is 5.55. The van der Waals surface area contributed by atoms with Gasteiger partial charge in [0.2, 0.25) is 0 Å². The zero-order chi connectivity index (χ0) is 26.5. The van der Waals surface area contributed by atoms with Gasteiger partial charge in [-0.25, -0.2) is 0 Å². The Morgan fingerprint density at radius 3 is 0.972 bits per heavy atom. The van der Waals surface area contributed by atoms with Crippen LogP contribution in [0.1, 0.15) is 176 Å².